The molecule has 1 atom stereocenters. The number of carbonyl (C=O) groups excluding carboxylic acids is 2. The Morgan fingerprint density at radius 2 is 0.971 bits per heavy atom. The minimum atomic E-state index is -0.756. The van der Waals surface area contributed by atoms with Crippen molar-refractivity contribution in [1.29, 1.82) is 0 Å². The average molecular weight is 485 g/mol. The molecule has 1 unspecified atom stereocenters. The Kier molecular flexibility index (Phi) is 25.6. The lowest BCUT2D eigenvalue weighted by Gasteiger charge is -2.15. The zero-order valence-corrected chi connectivity index (χ0v) is 22.6. The number of carbonyl (C=O) groups is 2. The summed E-state index contributed by atoms with van der Waals surface area (Å²) < 4.78 is 10.1. The van der Waals surface area contributed by atoms with Crippen molar-refractivity contribution in [3.05, 3.63) is 0 Å². The van der Waals surface area contributed by atoms with Gasteiger partial charge in [-0.15, -0.1) is 0 Å². The summed E-state index contributed by atoms with van der Waals surface area (Å²) >= 11 is 0. The molecule has 0 amide bonds. The van der Waals surface area contributed by atoms with Crippen molar-refractivity contribution in [3.63, 3.8) is 0 Å². The lowest BCUT2D eigenvalue weighted by atomic mass is 10.0. The molecule has 0 saturated carbocycles. The molecule has 0 heterocycles. The average Bonchev–Trinajstić information content (AvgIpc) is 2.85. The van der Waals surface area contributed by atoms with E-state index < -0.39 is 6.10 Å². The van der Waals surface area contributed by atoms with Crippen molar-refractivity contribution >= 4 is 11.9 Å². The normalized spacial score (nSPS) is 12.0. The van der Waals surface area contributed by atoms with Crippen LogP contribution in [0.15, 0.2) is 0 Å². The minimum absolute atomic E-state index is 0.0752. The van der Waals surface area contributed by atoms with E-state index in [1.165, 1.54) is 109 Å². The van der Waals surface area contributed by atoms with E-state index in [0.717, 1.165) is 19.3 Å². The topological polar surface area (TPSA) is 72.8 Å². The third kappa shape index (κ3) is 24.0. The van der Waals surface area contributed by atoms with E-state index in [1.807, 2.05) is 0 Å². The zero-order valence-electron chi connectivity index (χ0n) is 22.6. The number of esters is 2. The molecule has 0 aromatic carbocycles. The lowest BCUT2D eigenvalue weighted by Crippen LogP contribution is -2.28. The molecule has 1 N–H and O–H groups in total. The number of rotatable bonds is 26. The second-order valence-electron chi connectivity index (χ2n) is 9.80. The minimum Gasteiger partial charge on any atom is -0.462 e. The highest BCUT2D eigenvalue weighted by atomic mass is 16.6. The lowest BCUT2D eigenvalue weighted by molar-refractivity contribution is -0.161. The van der Waals surface area contributed by atoms with Crippen molar-refractivity contribution in [3.8, 4) is 0 Å². The Balaban J connectivity index is 3.30. The first kappa shape index (κ1) is 32.9. The van der Waals surface area contributed by atoms with Crippen LogP contribution in [0.3, 0.4) is 0 Å². The van der Waals surface area contributed by atoms with Gasteiger partial charge in [0.15, 0.2) is 6.10 Å². The van der Waals surface area contributed by atoms with Crippen LogP contribution < -0.4 is 0 Å². The fourth-order valence-electron chi connectivity index (χ4n) is 4.18. The van der Waals surface area contributed by atoms with Gasteiger partial charge in [0.05, 0.1) is 6.61 Å². The number of hydrogen-bond donors (Lipinski definition) is 1. The second-order valence-corrected chi connectivity index (χ2v) is 9.80. The molecule has 0 radical (unpaired) electrons. The molecule has 0 saturated heterocycles. The molecule has 5 heteroatoms. The summed E-state index contributed by atoms with van der Waals surface area (Å²) in [5.74, 6) is -0.683. The third-order valence-electron chi connectivity index (χ3n) is 6.46. The second kappa shape index (κ2) is 26.5. The Morgan fingerprint density at radius 1 is 0.588 bits per heavy atom. The van der Waals surface area contributed by atoms with Gasteiger partial charge in [0.1, 0.15) is 6.61 Å². The van der Waals surface area contributed by atoms with Crippen LogP contribution in [0.2, 0.25) is 0 Å². The number of hydrogen-bond acceptors (Lipinski definition) is 5. The van der Waals surface area contributed by atoms with Crippen LogP contribution in [0, 0.1) is 0 Å². The molecule has 0 rings (SSSR count). The van der Waals surface area contributed by atoms with Gasteiger partial charge < -0.3 is 14.6 Å². The standard InChI is InChI=1S/C29H56O5/c1-3-5-6-7-8-9-10-11-12-13-14-15-16-17-18-19-20-21-22-23-24-29(32)34-27(25-30)26-33-28(31)4-2/h27,30H,3-26H2,1-2H3. The van der Waals surface area contributed by atoms with Crippen molar-refractivity contribution in [1.82, 2.24) is 0 Å². The van der Waals surface area contributed by atoms with Crippen LogP contribution in [0.5, 0.6) is 0 Å². The van der Waals surface area contributed by atoms with Gasteiger partial charge in [-0.2, -0.15) is 0 Å². The van der Waals surface area contributed by atoms with Crippen LogP contribution in [-0.4, -0.2) is 36.4 Å². The van der Waals surface area contributed by atoms with Gasteiger partial charge in [-0.1, -0.05) is 136 Å². The van der Waals surface area contributed by atoms with E-state index in [2.05, 4.69) is 6.92 Å². The van der Waals surface area contributed by atoms with Crippen molar-refractivity contribution in [2.75, 3.05) is 13.2 Å². The highest BCUT2D eigenvalue weighted by Gasteiger charge is 2.15. The number of aliphatic hydroxyl groups excluding tert-OH is 1. The molecule has 0 aliphatic heterocycles. The number of aliphatic hydroxyl groups is 1. The molecule has 5 nitrogen and oxygen atoms in total. The van der Waals surface area contributed by atoms with Crippen LogP contribution in [0.1, 0.15) is 155 Å². The van der Waals surface area contributed by atoms with E-state index in [0.29, 0.717) is 6.42 Å². The van der Waals surface area contributed by atoms with Gasteiger partial charge in [-0.05, 0) is 6.42 Å². The van der Waals surface area contributed by atoms with E-state index in [4.69, 9.17) is 9.47 Å². The largest absolute Gasteiger partial charge is 0.462 e. The van der Waals surface area contributed by atoms with Crippen molar-refractivity contribution in [2.24, 2.45) is 0 Å². The SMILES string of the molecule is CCCCCCCCCCCCCCCCCCCCCCC(=O)OC(CO)COC(=O)CC. The van der Waals surface area contributed by atoms with Crippen LogP contribution in [0.25, 0.3) is 0 Å². The molecular formula is C29H56O5. The highest BCUT2D eigenvalue weighted by Crippen LogP contribution is 2.15. The fraction of sp³-hybridized carbons (Fsp3) is 0.931. The van der Waals surface area contributed by atoms with Gasteiger partial charge in [0, 0.05) is 12.8 Å². The molecule has 0 fully saturated rings. The van der Waals surface area contributed by atoms with Crippen molar-refractivity contribution < 1.29 is 24.2 Å². The summed E-state index contributed by atoms with van der Waals surface area (Å²) in [5.41, 5.74) is 0. The summed E-state index contributed by atoms with van der Waals surface area (Å²) in [6, 6.07) is 0. The summed E-state index contributed by atoms with van der Waals surface area (Å²) in [6.07, 6.45) is 26.5. The molecule has 0 spiro atoms. The summed E-state index contributed by atoms with van der Waals surface area (Å²) in [5, 5.41) is 9.23. The van der Waals surface area contributed by atoms with Gasteiger partial charge in [-0.25, -0.2) is 0 Å². The quantitative estimate of drug-likeness (QED) is 0.0992. The Hall–Kier alpha value is -1.10. The van der Waals surface area contributed by atoms with Crippen LogP contribution >= 0.6 is 0 Å². The van der Waals surface area contributed by atoms with E-state index >= 15 is 0 Å². The van der Waals surface area contributed by atoms with Gasteiger partial charge in [-0.3, -0.25) is 9.59 Å². The molecule has 0 aromatic heterocycles. The predicted molar refractivity (Wildman–Crippen MR) is 141 cm³/mol. The first-order valence-electron chi connectivity index (χ1n) is 14.6. The summed E-state index contributed by atoms with van der Waals surface area (Å²) in [4.78, 5) is 23.0. The van der Waals surface area contributed by atoms with Crippen LogP contribution in [0.4, 0.5) is 0 Å². The smallest absolute Gasteiger partial charge is 0.306 e. The maximum absolute atomic E-state index is 11.8. The predicted octanol–water partition coefficient (Wildman–Crippen LogP) is 8.06. The summed E-state index contributed by atoms with van der Waals surface area (Å²) in [7, 11) is 0. The maximum Gasteiger partial charge on any atom is 0.306 e. The highest BCUT2D eigenvalue weighted by molar-refractivity contribution is 5.70. The van der Waals surface area contributed by atoms with Gasteiger partial charge >= 0.3 is 11.9 Å². The molecule has 34 heavy (non-hydrogen) atoms. The van der Waals surface area contributed by atoms with Gasteiger partial charge in [0.2, 0.25) is 0 Å². The fourth-order valence-corrected chi connectivity index (χ4v) is 4.18. The first-order valence-corrected chi connectivity index (χ1v) is 14.6. The molecular weight excluding hydrogens is 428 g/mol. The molecule has 0 aromatic rings. The number of ether oxygens (including phenoxy) is 2. The third-order valence-corrected chi connectivity index (χ3v) is 6.46. The Morgan fingerprint density at radius 3 is 1.32 bits per heavy atom. The summed E-state index contributed by atoms with van der Waals surface area (Å²) in [6.45, 7) is 3.57. The molecule has 202 valence electrons. The zero-order chi connectivity index (χ0) is 25.1. The van der Waals surface area contributed by atoms with E-state index in [1.54, 1.807) is 6.92 Å². The van der Waals surface area contributed by atoms with E-state index in [-0.39, 0.29) is 31.6 Å². The molecule has 0 aliphatic carbocycles. The van der Waals surface area contributed by atoms with E-state index in [9.17, 15) is 14.7 Å². The number of unbranched alkanes of at least 4 members (excludes halogenated alkanes) is 19. The Labute approximate surface area is 210 Å². The Bertz CT molecular complexity index is 452. The van der Waals surface area contributed by atoms with Crippen molar-refractivity contribution in [2.45, 2.75) is 161 Å². The maximum atomic E-state index is 11.8. The van der Waals surface area contributed by atoms with Crippen LogP contribution in [-0.2, 0) is 19.1 Å². The monoisotopic (exact) mass is 484 g/mol. The molecule has 0 bridgehead atoms. The van der Waals surface area contributed by atoms with Gasteiger partial charge in [0.25, 0.3) is 0 Å². The molecule has 0 aliphatic rings. The first-order chi connectivity index (χ1) is 16.6.